The van der Waals surface area contributed by atoms with Crippen molar-refractivity contribution in [2.24, 2.45) is 7.05 Å². The van der Waals surface area contributed by atoms with E-state index in [1.165, 1.54) is 17.0 Å². The summed E-state index contributed by atoms with van der Waals surface area (Å²) in [6, 6.07) is 13.0. The van der Waals surface area contributed by atoms with Crippen LogP contribution in [0.15, 0.2) is 54.9 Å². The molecule has 0 spiro atoms. The summed E-state index contributed by atoms with van der Waals surface area (Å²) in [6.45, 7) is 0.348. The van der Waals surface area contributed by atoms with E-state index in [-0.39, 0.29) is 12.0 Å². The van der Waals surface area contributed by atoms with E-state index in [2.05, 4.69) is 26.5 Å². The van der Waals surface area contributed by atoms with Crippen LogP contribution in [0.1, 0.15) is 16.7 Å². The fourth-order valence-corrected chi connectivity index (χ4v) is 4.16. The Morgan fingerprint density at radius 1 is 1.20 bits per heavy atom. The van der Waals surface area contributed by atoms with Crippen molar-refractivity contribution in [3.8, 4) is 17.3 Å². The van der Waals surface area contributed by atoms with Gasteiger partial charge in [-0.15, -0.1) is 0 Å². The number of nitriles is 1. The van der Waals surface area contributed by atoms with E-state index in [9.17, 15) is 18.8 Å². The number of aryl methyl sites for hydroxylation is 1. The number of nitrogens with zero attached hydrogens (tertiary/aromatic N) is 6. The van der Waals surface area contributed by atoms with Crippen molar-refractivity contribution in [2.75, 3.05) is 16.8 Å². The van der Waals surface area contributed by atoms with Crippen LogP contribution in [0, 0.1) is 23.0 Å². The van der Waals surface area contributed by atoms with Gasteiger partial charge in [-0.1, -0.05) is 12.1 Å². The lowest BCUT2D eigenvalue weighted by atomic mass is 10.0. The molecule has 1 aliphatic heterocycles. The zero-order chi connectivity index (χ0) is 24.5. The van der Waals surface area contributed by atoms with E-state index in [4.69, 9.17) is 0 Å². The monoisotopic (exact) mass is 471 g/mol. The third-order valence-electron chi connectivity index (χ3n) is 5.87. The standard InChI is InChI=1S/C25H19F2N7O/c1-33-21(6-9-30-33)32-25-29-8-5-20(31-25)17-11-16-7-10-34(24(16)18(12-17)14-28)22(35)13-15-3-2-4-19(26)23(15)27/h2-6,8-9,11-12H,7,10,13H2,1H3,(H,29,31,32). The number of amides is 1. The van der Waals surface area contributed by atoms with E-state index in [1.807, 2.05) is 6.07 Å². The summed E-state index contributed by atoms with van der Waals surface area (Å²) in [5.41, 5.74) is 2.92. The summed E-state index contributed by atoms with van der Waals surface area (Å²) in [5, 5.41) is 17.0. The Morgan fingerprint density at radius 2 is 2.06 bits per heavy atom. The first-order chi connectivity index (χ1) is 16.9. The molecule has 10 heteroatoms. The number of carbonyl (C=O) groups is 1. The third kappa shape index (κ3) is 4.19. The average molecular weight is 471 g/mol. The number of halogens is 2. The second-order valence-corrected chi connectivity index (χ2v) is 8.06. The highest BCUT2D eigenvalue weighted by atomic mass is 19.2. The van der Waals surface area contributed by atoms with E-state index in [0.717, 1.165) is 17.4 Å². The molecule has 174 valence electrons. The first-order valence-corrected chi connectivity index (χ1v) is 10.8. The highest BCUT2D eigenvalue weighted by molar-refractivity contribution is 5.98. The predicted octanol–water partition coefficient (Wildman–Crippen LogP) is 3.90. The molecule has 1 aliphatic rings. The molecule has 3 heterocycles. The van der Waals surface area contributed by atoms with Gasteiger partial charge in [-0.3, -0.25) is 9.48 Å². The topological polar surface area (TPSA) is 99.7 Å². The lowest BCUT2D eigenvalue weighted by Crippen LogP contribution is -2.31. The van der Waals surface area contributed by atoms with Crippen LogP contribution in [-0.4, -0.2) is 32.2 Å². The van der Waals surface area contributed by atoms with Gasteiger partial charge in [-0.05, 0) is 36.2 Å². The van der Waals surface area contributed by atoms with Crippen molar-refractivity contribution in [3.05, 3.63) is 83.2 Å². The van der Waals surface area contributed by atoms with Crippen molar-refractivity contribution in [3.63, 3.8) is 0 Å². The van der Waals surface area contributed by atoms with Crippen LogP contribution in [0.3, 0.4) is 0 Å². The molecule has 0 atom stereocenters. The van der Waals surface area contributed by atoms with Gasteiger partial charge in [0.05, 0.1) is 29.6 Å². The number of nitrogens with one attached hydrogen (secondary N) is 1. The van der Waals surface area contributed by atoms with E-state index in [1.54, 1.807) is 42.3 Å². The Kier molecular flexibility index (Phi) is 5.66. The van der Waals surface area contributed by atoms with E-state index in [0.29, 0.717) is 41.4 Å². The molecule has 2 aromatic carbocycles. The largest absolute Gasteiger partial charge is 0.310 e. The van der Waals surface area contributed by atoms with Gasteiger partial charge in [0.2, 0.25) is 11.9 Å². The Hall–Kier alpha value is -4.65. The molecule has 0 aliphatic carbocycles. The minimum atomic E-state index is -1.03. The number of hydrogen-bond donors (Lipinski definition) is 1. The molecule has 8 nitrogen and oxygen atoms in total. The van der Waals surface area contributed by atoms with Gasteiger partial charge < -0.3 is 10.2 Å². The maximum atomic E-state index is 14.1. The molecule has 1 amide bonds. The molecular formula is C25H19F2N7O. The zero-order valence-electron chi connectivity index (χ0n) is 18.7. The van der Waals surface area contributed by atoms with Crippen LogP contribution >= 0.6 is 0 Å². The molecule has 4 aromatic rings. The quantitative estimate of drug-likeness (QED) is 0.474. The fraction of sp³-hybridized carbons (Fsp3) is 0.160. The highest BCUT2D eigenvalue weighted by Crippen LogP contribution is 2.36. The molecule has 2 aromatic heterocycles. The number of rotatable bonds is 5. The third-order valence-corrected chi connectivity index (χ3v) is 5.87. The molecule has 0 unspecified atom stereocenters. The molecule has 0 fully saturated rings. The Bertz CT molecular complexity index is 1490. The number of carbonyl (C=O) groups excluding carboxylic acids is 1. The second kappa shape index (κ2) is 8.95. The van der Waals surface area contributed by atoms with Crippen molar-refractivity contribution in [1.82, 2.24) is 19.7 Å². The summed E-state index contributed by atoms with van der Waals surface area (Å²) < 4.78 is 29.3. The molecule has 0 radical (unpaired) electrons. The zero-order valence-corrected chi connectivity index (χ0v) is 18.7. The predicted molar refractivity (Wildman–Crippen MR) is 125 cm³/mol. The average Bonchev–Trinajstić information content (AvgIpc) is 3.47. The van der Waals surface area contributed by atoms with Crippen molar-refractivity contribution in [2.45, 2.75) is 12.8 Å². The molecule has 0 saturated heterocycles. The summed E-state index contributed by atoms with van der Waals surface area (Å²) in [5.74, 6) is -1.34. The first kappa shape index (κ1) is 22.2. The molecular weight excluding hydrogens is 452 g/mol. The van der Waals surface area contributed by atoms with Crippen LogP contribution in [0.2, 0.25) is 0 Å². The maximum absolute atomic E-state index is 14.1. The fourth-order valence-electron chi connectivity index (χ4n) is 4.16. The minimum absolute atomic E-state index is 0.0204. The van der Waals surface area contributed by atoms with Crippen molar-refractivity contribution >= 4 is 23.4 Å². The first-order valence-electron chi connectivity index (χ1n) is 10.8. The number of anilines is 3. The van der Waals surface area contributed by atoms with E-state index >= 15 is 0 Å². The number of benzene rings is 2. The molecule has 1 N–H and O–H groups in total. The lowest BCUT2D eigenvalue weighted by molar-refractivity contribution is -0.117. The van der Waals surface area contributed by atoms with Gasteiger partial charge in [-0.25, -0.2) is 18.7 Å². The minimum Gasteiger partial charge on any atom is -0.310 e. The number of fused-ring (bicyclic) bond motifs is 1. The number of aromatic nitrogens is 4. The van der Waals surface area contributed by atoms with Gasteiger partial charge in [0, 0.05) is 37.0 Å². The molecule has 0 bridgehead atoms. The maximum Gasteiger partial charge on any atom is 0.231 e. The SMILES string of the molecule is Cn1nccc1Nc1nccc(-c2cc(C#N)c3c(c2)CCN3C(=O)Cc2cccc(F)c2F)n1. The van der Waals surface area contributed by atoms with Gasteiger partial charge in [0.15, 0.2) is 11.6 Å². The highest BCUT2D eigenvalue weighted by Gasteiger charge is 2.29. The van der Waals surface area contributed by atoms with Crippen LogP contribution in [-0.2, 0) is 24.7 Å². The Labute approximate surface area is 199 Å². The summed E-state index contributed by atoms with van der Waals surface area (Å²) >= 11 is 0. The Balaban J connectivity index is 1.44. The van der Waals surface area contributed by atoms with Crippen LogP contribution in [0.5, 0.6) is 0 Å². The Morgan fingerprint density at radius 3 is 2.83 bits per heavy atom. The summed E-state index contributed by atoms with van der Waals surface area (Å²) in [6.07, 6.45) is 3.50. The molecule has 0 saturated carbocycles. The van der Waals surface area contributed by atoms with Crippen molar-refractivity contribution in [1.29, 1.82) is 5.26 Å². The molecule has 35 heavy (non-hydrogen) atoms. The van der Waals surface area contributed by atoms with Gasteiger partial charge in [0.25, 0.3) is 0 Å². The van der Waals surface area contributed by atoms with Gasteiger partial charge in [-0.2, -0.15) is 10.4 Å². The summed E-state index contributed by atoms with van der Waals surface area (Å²) in [4.78, 5) is 23.3. The van der Waals surface area contributed by atoms with E-state index < -0.39 is 17.5 Å². The van der Waals surface area contributed by atoms with Crippen LogP contribution in [0.25, 0.3) is 11.3 Å². The number of hydrogen-bond acceptors (Lipinski definition) is 6. The second-order valence-electron chi connectivity index (χ2n) is 8.06. The van der Waals surface area contributed by atoms with Gasteiger partial charge >= 0.3 is 0 Å². The normalized spacial score (nSPS) is 12.3. The van der Waals surface area contributed by atoms with Crippen LogP contribution < -0.4 is 10.2 Å². The lowest BCUT2D eigenvalue weighted by Gasteiger charge is -2.19. The summed E-state index contributed by atoms with van der Waals surface area (Å²) in [7, 11) is 1.79. The molecule has 5 rings (SSSR count). The van der Waals surface area contributed by atoms with Crippen molar-refractivity contribution < 1.29 is 13.6 Å². The van der Waals surface area contributed by atoms with Crippen LogP contribution in [0.4, 0.5) is 26.2 Å². The van der Waals surface area contributed by atoms with Gasteiger partial charge in [0.1, 0.15) is 11.9 Å². The smallest absolute Gasteiger partial charge is 0.231 e.